The molecule has 0 unspecified atom stereocenters. The largest absolute Gasteiger partial charge is 0.481 e. The number of carboxylic acid groups (broad SMARTS) is 2. The summed E-state index contributed by atoms with van der Waals surface area (Å²) in [4.78, 5) is 20.7. The molecule has 4 N–H and O–H groups in total. The predicted octanol–water partition coefficient (Wildman–Crippen LogP) is 14.6. The van der Waals surface area contributed by atoms with E-state index in [4.69, 9.17) is 20.4 Å². The minimum absolute atomic E-state index is 0.145. The zero-order chi connectivity index (χ0) is 41.2. The van der Waals surface area contributed by atoms with Gasteiger partial charge >= 0.3 is 11.9 Å². The number of aliphatic hydroxyl groups excluding tert-OH is 2. The number of carboxylic acids is 2. The van der Waals surface area contributed by atoms with Crippen LogP contribution in [0.25, 0.3) is 10.8 Å². The van der Waals surface area contributed by atoms with Crippen molar-refractivity contribution < 1.29 is 30.0 Å². The molecule has 6 nitrogen and oxygen atoms in total. The van der Waals surface area contributed by atoms with Crippen LogP contribution in [0, 0.1) is 0 Å². The number of benzene rings is 2. The van der Waals surface area contributed by atoms with Gasteiger partial charge < -0.3 is 20.4 Å². The quantitative estimate of drug-likeness (QED) is 0.0512. The van der Waals surface area contributed by atoms with Crippen LogP contribution >= 0.6 is 0 Å². The second-order valence-corrected chi connectivity index (χ2v) is 16.1. The molecule has 0 heterocycles. The smallest absolute Gasteiger partial charge is 0.303 e. The van der Waals surface area contributed by atoms with Crippen LogP contribution in [0.2, 0.25) is 0 Å². The van der Waals surface area contributed by atoms with Gasteiger partial charge in [-0.2, -0.15) is 0 Å². The van der Waals surface area contributed by atoms with Crippen molar-refractivity contribution in [3.63, 3.8) is 0 Å². The monoisotopic (exact) mass is 785 g/mol. The summed E-state index contributed by atoms with van der Waals surface area (Å²) in [6, 6.07) is 12.3. The molecule has 2 aromatic carbocycles. The number of hydrogen-bond donors (Lipinski definition) is 4. The van der Waals surface area contributed by atoms with Gasteiger partial charge in [0.15, 0.2) is 0 Å². The molecule has 0 bridgehead atoms. The van der Waals surface area contributed by atoms with Gasteiger partial charge in [-0.15, -0.1) is 0 Å². The van der Waals surface area contributed by atoms with Crippen molar-refractivity contribution in [3.05, 3.63) is 47.5 Å². The van der Waals surface area contributed by atoms with Crippen molar-refractivity contribution in [2.75, 3.05) is 13.2 Å². The standard InChI is InChI=1S/2C18H36O2.C14H16O2/c2*1-2-3-4-5-6-7-8-9-10-11-12-13-14-15-16-17-18(19)20;15-9-7-12-6-5-11-3-1-2-4-13(11)14(12)8-10-16/h2*2-17H2,1H3,(H,19,20);1-6,15-16H,7-10H2. The Hall–Kier alpha value is -2.44. The molecule has 0 aliphatic rings. The van der Waals surface area contributed by atoms with Gasteiger partial charge in [0.1, 0.15) is 0 Å². The number of aliphatic carboxylic acids is 2. The van der Waals surface area contributed by atoms with Gasteiger partial charge in [0, 0.05) is 26.1 Å². The van der Waals surface area contributed by atoms with Crippen LogP contribution in [0.3, 0.4) is 0 Å². The summed E-state index contributed by atoms with van der Waals surface area (Å²) >= 11 is 0. The summed E-state index contributed by atoms with van der Waals surface area (Å²) in [7, 11) is 0. The Morgan fingerprint density at radius 2 is 0.732 bits per heavy atom. The highest BCUT2D eigenvalue weighted by Crippen LogP contribution is 2.23. The van der Waals surface area contributed by atoms with E-state index in [-0.39, 0.29) is 13.2 Å². The maximum absolute atomic E-state index is 10.3. The van der Waals surface area contributed by atoms with Crippen molar-refractivity contribution >= 4 is 22.7 Å². The fourth-order valence-corrected chi connectivity index (χ4v) is 7.44. The number of hydrogen-bond acceptors (Lipinski definition) is 4. The molecule has 0 aliphatic heterocycles. The lowest BCUT2D eigenvalue weighted by Gasteiger charge is -2.11. The Balaban J connectivity index is 0.000000814. The maximum atomic E-state index is 10.3. The highest BCUT2D eigenvalue weighted by atomic mass is 16.4. The number of rotatable bonds is 36. The average Bonchev–Trinajstić information content (AvgIpc) is 3.19. The molecule has 56 heavy (non-hydrogen) atoms. The summed E-state index contributed by atoms with van der Waals surface area (Å²) in [5.41, 5.74) is 2.30. The van der Waals surface area contributed by atoms with Gasteiger partial charge in [-0.05, 0) is 47.6 Å². The molecular formula is C50H88O6. The fourth-order valence-electron chi connectivity index (χ4n) is 7.44. The lowest BCUT2D eigenvalue weighted by molar-refractivity contribution is -0.138. The molecule has 0 radical (unpaired) electrons. The van der Waals surface area contributed by atoms with Crippen molar-refractivity contribution in [3.8, 4) is 0 Å². The third kappa shape index (κ3) is 34.8. The van der Waals surface area contributed by atoms with Crippen LogP contribution in [-0.4, -0.2) is 45.6 Å². The van der Waals surface area contributed by atoms with Gasteiger partial charge in [-0.25, -0.2) is 0 Å². The first kappa shape index (κ1) is 53.6. The van der Waals surface area contributed by atoms with E-state index < -0.39 is 11.9 Å². The van der Waals surface area contributed by atoms with E-state index in [9.17, 15) is 9.59 Å². The minimum atomic E-state index is -0.653. The number of aliphatic hydroxyl groups is 2. The molecule has 0 amide bonds. The molecular weight excluding hydrogens is 697 g/mol. The highest BCUT2D eigenvalue weighted by Gasteiger charge is 2.06. The molecule has 2 aromatic rings. The molecule has 0 aliphatic carbocycles. The van der Waals surface area contributed by atoms with Crippen LogP contribution in [0.15, 0.2) is 36.4 Å². The molecule has 0 atom stereocenters. The van der Waals surface area contributed by atoms with E-state index in [2.05, 4.69) is 32.0 Å². The van der Waals surface area contributed by atoms with Crippen molar-refractivity contribution in [1.82, 2.24) is 0 Å². The zero-order valence-corrected chi connectivity index (χ0v) is 36.5. The number of unbranched alkanes of at least 4 members (excludes halogenated alkanes) is 28. The third-order valence-electron chi connectivity index (χ3n) is 10.9. The Morgan fingerprint density at radius 3 is 1.05 bits per heavy atom. The van der Waals surface area contributed by atoms with Crippen molar-refractivity contribution in [2.45, 2.75) is 232 Å². The summed E-state index contributed by atoms with van der Waals surface area (Å²) in [6.45, 7) is 4.83. The van der Waals surface area contributed by atoms with Crippen LogP contribution in [0.1, 0.15) is 230 Å². The van der Waals surface area contributed by atoms with Crippen LogP contribution in [0.5, 0.6) is 0 Å². The van der Waals surface area contributed by atoms with Crippen LogP contribution in [-0.2, 0) is 22.4 Å². The lowest BCUT2D eigenvalue weighted by Crippen LogP contribution is -2.01. The van der Waals surface area contributed by atoms with Crippen molar-refractivity contribution in [1.29, 1.82) is 0 Å². The van der Waals surface area contributed by atoms with Gasteiger partial charge in [-0.1, -0.05) is 230 Å². The summed E-state index contributed by atoms with van der Waals surface area (Å²) in [5.74, 6) is -1.31. The third-order valence-corrected chi connectivity index (χ3v) is 10.9. The minimum Gasteiger partial charge on any atom is -0.481 e. The molecule has 0 aromatic heterocycles. The van der Waals surface area contributed by atoms with Gasteiger partial charge in [-0.3, -0.25) is 9.59 Å². The normalized spacial score (nSPS) is 10.9. The van der Waals surface area contributed by atoms with E-state index in [1.807, 2.05) is 18.2 Å². The first-order valence-corrected chi connectivity index (χ1v) is 23.6. The zero-order valence-electron chi connectivity index (χ0n) is 36.5. The number of carbonyl (C=O) groups is 2. The highest BCUT2D eigenvalue weighted by molar-refractivity contribution is 5.86. The molecule has 0 saturated heterocycles. The van der Waals surface area contributed by atoms with E-state index in [1.165, 1.54) is 178 Å². The average molecular weight is 785 g/mol. The molecule has 2 rings (SSSR count). The maximum Gasteiger partial charge on any atom is 0.303 e. The van der Waals surface area contributed by atoms with Crippen LogP contribution < -0.4 is 0 Å². The van der Waals surface area contributed by atoms with E-state index in [0.717, 1.165) is 36.8 Å². The Labute approximate surface area is 344 Å². The van der Waals surface area contributed by atoms with Crippen LogP contribution in [0.4, 0.5) is 0 Å². The first-order valence-electron chi connectivity index (χ1n) is 23.6. The molecule has 0 saturated carbocycles. The summed E-state index contributed by atoms with van der Waals surface area (Å²) < 4.78 is 0. The van der Waals surface area contributed by atoms with Gasteiger partial charge in [0.2, 0.25) is 0 Å². The lowest BCUT2D eigenvalue weighted by atomic mass is 9.95. The Kier molecular flexibility index (Phi) is 40.3. The Morgan fingerprint density at radius 1 is 0.411 bits per heavy atom. The van der Waals surface area contributed by atoms with Gasteiger partial charge in [0.05, 0.1) is 0 Å². The predicted molar refractivity (Wildman–Crippen MR) is 240 cm³/mol. The number of fused-ring (bicyclic) bond motifs is 1. The van der Waals surface area contributed by atoms with Gasteiger partial charge in [0.25, 0.3) is 0 Å². The van der Waals surface area contributed by atoms with Crippen molar-refractivity contribution in [2.24, 2.45) is 0 Å². The topological polar surface area (TPSA) is 115 Å². The summed E-state index contributed by atoms with van der Waals surface area (Å²) in [6.07, 6.45) is 41.7. The second kappa shape index (κ2) is 42.2. The molecule has 6 heteroatoms. The molecule has 0 fully saturated rings. The fraction of sp³-hybridized carbons (Fsp3) is 0.760. The molecule has 324 valence electrons. The first-order chi connectivity index (χ1) is 27.4. The van der Waals surface area contributed by atoms with E-state index >= 15 is 0 Å². The second-order valence-electron chi connectivity index (χ2n) is 16.1. The van der Waals surface area contributed by atoms with E-state index in [1.54, 1.807) is 0 Å². The van der Waals surface area contributed by atoms with E-state index in [0.29, 0.717) is 25.7 Å². The Bertz CT molecular complexity index is 1100. The SMILES string of the molecule is CCCCCCCCCCCCCCCCCC(=O)O.CCCCCCCCCCCCCCCCCC(=O)O.OCCc1ccc2ccccc2c1CCO. The summed E-state index contributed by atoms with van der Waals surface area (Å²) in [5, 5.41) is 37.5. The molecule has 0 spiro atoms.